The fourth-order valence-corrected chi connectivity index (χ4v) is 2.78. The zero-order chi connectivity index (χ0) is 14.9. The summed E-state index contributed by atoms with van der Waals surface area (Å²) >= 11 is 6.11. The van der Waals surface area contributed by atoms with E-state index in [0.29, 0.717) is 10.7 Å². The highest BCUT2D eigenvalue weighted by atomic mass is 35.5. The van der Waals surface area contributed by atoms with E-state index in [9.17, 15) is 8.42 Å². The summed E-state index contributed by atoms with van der Waals surface area (Å²) in [5.74, 6) is 0. The minimum Gasteiger partial charge on any atom is -0.376 e. The molecule has 1 aromatic heterocycles. The van der Waals surface area contributed by atoms with Crippen LogP contribution in [-0.2, 0) is 16.9 Å². The Bertz CT molecular complexity index is 725. The smallest absolute Gasteiger partial charge is 0.175 e. The molecule has 5 nitrogen and oxygen atoms in total. The highest BCUT2D eigenvalue weighted by Gasteiger charge is 2.14. The Hall–Kier alpha value is -1.53. The van der Waals surface area contributed by atoms with Crippen LogP contribution in [0.3, 0.4) is 0 Å². The van der Waals surface area contributed by atoms with Crippen molar-refractivity contribution in [2.45, 2.75) is 17.9 Å². The van der Waals surface area contributed by atoms with Crippen LogP contribution in [0.5, 0.6) is 0 Å². The lowest BCUT2D eigenvalue weighted by Gasteiger charge is -2.17. The Morgan fingerprint density at radius 2 is 2.05 bits per heavy atom. The van der Waals surface area contributed by atoms with Crippen LogP contribution in [0.4, 0.5) is 5.69 Å². The molecule has 0 aliphatic heterocycles. The molecule has 0 radical (unpaired) electrons. The summed E-state index contributed by atoms with van der Waals surface area (Å²) in [7, 11) is -1.41. The van der Waals surface area contributed by atoms with Gasteiger partial charge in [-0.25, -0.2) is 8.42 Å². The van der Waals surface area contributed by atoms with E-state index in [1.54, 1.807) is 23.0 Å². The van der Waals surface area contributed by atoms with Gasteiger partial charge in [0.25, 0.3) is 0 Å². The minimum atomic E-state index is -3.26. The first-order valence-corrected chi connectivity index (χ1v) is 8.30. The van der Waals surface area contributed by atoms with Crippen molar-refractivity contribution in [3.63, 3.8) is 0 Å². The Morgan fingerprint density at radius 3 is 2.60 bits per heavy atom. The van der Waals surface area contributed by atoms with Crippen molar-refractivity contribution in [2.24, 2.45) is 7.05 Å². The first-order valence-electron chi connectivity index (χ1n) is 6.03. The van der Waals surface area contributed by atoms with Crippen LogP contribution in [0.2, 0.25) is 5.02 Å². The molecule has 1 N–H and O–H groups in total. The molecule has 2 rings (SSSR count). The monoisotopic (exact) mass is 313 g/mol. The van der Waals surface area contributed by atoms with Crippen molar-refractivity contribution in [1.29, 1.82) is 0 Å². The van der Waals surface area contributed by atoms with Gasteiger partial charge < -0.3 is 5.32 Å². The number of anilines is 1. The predicted molar refractivity (Wildman–Crippen MR) is 79.8 cm³/mol. The minimum absolute atomic E-state index is 0.0465. The normalized spacial score (nSPS) is 13.2. The number of sulfone groups is 1. The summed E-state index contributed by atoms with van der Waals surface area (Å²) in [5, 5.41) is 7.79. The molecule has 0 spiro atoms. The van der Waals surface area contributed by atoms with Gasteiger partial charge in [0.15, 0.2) is 9.84 Å². The quantitative estimate of drug-likeness (QED) is 0.942. The standard InChI is InChI=1S/C13H16ClN3O2S/c1-9(13-6-7-15-17(13)2)16-12-8-10(20(3,18)19)4-5-11(12)14/h4-9,16H,1-3H3. The first kappa shape index (κ1) is 14.9. The summed E-state index contributed by atoms with van der Waals surface area (Å²) in [6.45, 7) is 1.96. The molecule has 1 heterocycles. The van der Waals surface area contributed by atoms with Crippen molar-refractivity contribution in [2.75, 3.05) is 11.6 Å². The van der Waals surface area contributed by atoms with Crippen LogP contribution in [-0.4, -0.2) is 24.5 Å². The highest BCUT2D eigenvalue weighted by molar-refractivity contribution is 7.90. The second-order valence-electron chi connectivity index (χ2n) is 4.66. The van der Waals surface area contributed by atoms with Gasteiger partial charge in [0.1, 0.15) is 0 Å². The van der Waals surface area contributed by atoms with Crippen molar-refractivity contribution < 1.29 is 8.42 Å². The van der Waals surface area contributed by atoms with Crippen molar-refractivity contribution >= 4 is 27.1 Å². The average Bonchev–Trinajstić information content (AvgIpc) is 2.77. The number of nitrogens with one attached hydrogen (secondary N) is 1. The molecule has 7 heteroatoms. The zero-order valence-corrected chi connectivity index (χ0v) is 13.0. The summed E-state index contributed by atoms with van der Waals surface area (Å²) in [4.78, 5) is 0.238. The summed E-state index contributed by atoms with van der Waals surface area (Å²) in [5.41, 5.74) is 1.56. The Balaban J connectivity index is 2.32. The zero-order valence-electron chi connectivity index (χ0n) is 11.5. The molecule has 1 unspecified atom stereocenters. The number of nitrogens with zero attached hydrogens (tertiary/aromatic N) is 2. The number of hydrogen-bond acceptors (Lipinski definition) is 4. The number of rotatable bonds is 4. The van der Waals surface area contributed by atoms with Crippen LogP contribution in [0, 0.1) is 0 Å². The summed E-state index contributed by atoms with van der Waals surface area (Å²) in [6.07, 6.45) is 2.88. The van der Waals surface area contributed by atoms with Crippen LogP contribution in [0.25, 0.3) is 0 Å². The third-order valence-electron chi connectivity index (χ3n) is 3.04. The third-order valence-corrected chi connectivity index (χ3v) is 4.48. The van der Waals surface area contributed by atoms with Crippen LogP contribution >= 0.6 is 11.6 Å². The molecule has 0 saturated heterocycles. The van der Waals surface area contributed by atoms with E-state index in [1.165, 1.54) is 12.3 Å². The molecular weight excluding hydrogens is 298 g/mol. The lowest BCUT2D eigenvalue weighted by Crippen LogP contribution is -2.12. The number of halogens is 1. The van der Waals surface area contributed by atoms with Crippen LogP contribution < -0.4 is 5.32 Å². The molecule has 0 bridgehead atoms. The molecule has 0 aliphatic carbocycles. The second kappa shape index (κ2) is 5.46. The summed E-state index contributed by atoms with van der Waals surface area (Å²) < 4.78 is 24.9. The van der Waals surface area contributed by atoms with Crippen molar-refractivity contribution in [1.82, 2.24) is 9.78 Å². The van der Waals surface area contributed by atoms with E-state index in [4.69, 9.17) is 11.6 Å². The molecule has 0 aliphatic rings. The highest BCUT2D eigenvalue weighted by Crippen LogP contribution is 2.28. The molecule has 0 saturated carbocycles. The van der Waals surface area contributed by atoms with Crippen LogP contribution in [0.15, 0.2) is 35.4 Å². The van der Waals surface area contributed by atoms with E-state index < -0.39 is 9.84 Å². The molecule has 108 valence electrons. The van der Waals surface area contributed by atoms with Gasteiger partial charge in [0.05, 0.1) is 27.3 Å². The number of hydrogen-bond donors (Lipinski definition) is 1. The lowest BCUT2D eigenvalue weighted by molar-refractivity contribution is 0.602. The van der Waals surface area contributed by atoms with E-state index in [0.717, 1.165) is 5.69 Å². The molecular formula is C13H16ClN3O2S. The molecule has 1 aromatic carbocycles. The van der Waals surface area contributed by atoms with Gasteiger partial charge in [-0.3, -0.25) is 4.68 Å². The number of aryl methyl sites for hydroxylation is 1. The van der Waals surface area contributed by atoms with E-state index in [2.05, 4.69) is 10.4 Å². The Morgan fingerprint density at radius 1 is 1.35 bits per heavy atom. The fraction of sp³-hybridized carbons (Fsp3) is 0.308. The SMILES string of the molecule is CC(Nc1cc(S(C)(=O)=O)ccc1Cl)c1ccnn1C. The number of aromatic nitrogens is 2. The topological polar surface area (TPSA) is 64.0 Å². The molecule has 0 fully saturated rings. The predicted octanol–water partition coefficient (Wildman–Crippen LogP) is 2.65. The van der Waals surface area contributed by atoms with Gasteiger partial charge >= 0.3 is 0 Å². The van der Waals surface area contributed by atoms with Crippen LogP contribution in [0.1, 0.15) is 18.7 Å². The second-order valence-corrected chi connectivity index (χ2v) is 7.08. The first-order chi connectivity index (χ1) is 9.29. The van der Waals surface area contributed by atoms with Crippen molar-refractivity contribution in [3.8, 4) is 0 Å². The van der Waals surface area contributed by atoms with Gasteiger partial charge in [0, 0.05) is 19.5 Å². The fourth-order valence-electron chi connectivity index (χ4n) is 1.96. The molecule has 0 amide bonds. The van der Waals surface area contributed by atoms with Gasteiger partial charge in [-0.05, 0) is 31.2 Å². The van der Waals surface area contributed by atoms with Gasteiger partial charge in [-0.1, -0.05) is 11.6 Å². The van der Waals surface area contributed by atoms with Gasteiger partial charge in [-0.15, -0.1) is 0 Å². The molecule has 1 atom stereocenters. The van der Waals surface area contributed by atoms with Gasteiger partial charge in [-0.2, -0.15) is 5.10 Å². The average molecular weight is 314 g/mol. The molecule has 20 heavy (non-hydrogen) atoms. The summed E-state index contributed by atoms with van der Waals surface area (Å²) in [6, 6.07) is 6.47. The Kier molecular flexibility index (Phi) is 4.06. The van der Waals surface area contributed by atoms with E-state index >= 15 is 0 Å². The lowest BCUT2D eigenvalue weighted by atomic mass is 10.2. The maximum atomic E-state index is 11.6. The maximum absolute atomic E-state index is 11.6. The number of benzene rings is 1. The van der Waals surface area contributed by atoms with Crippen molar-refractivity contribution in [3.05, 3.63) is 41.2 Å². The third kappa shape index (κ3) is 3.13. The molecule has 2 aromatic rings. The van der Waals surface area contributed by atoms with E-state index in [1.807, 2.05) is 20.0 Å². The largest absolute Gasteiger partial charge is 0.376 e. The Labute approximate surface area is 123 Å². The van der Waals surface area contributed by atoms with Gasteiger partial charge in [0.2, 0.25) is 0 Å². The van der Waals surface area contributed by atoms with E-state index in [-0.39, 0.29) is 10.9 Å². The maximum Gasteiger partial charge on any atom is 0.175 e.